The monoisotopic (exact) mass is 401 g/mol. The van der Waals surface area contributed by atoms with Gasteiger partial charge in [0, 0.05) is 5.56 Å². The fourth-order valence-corrected chi connectivity index (χ4v) is 2.37. The van der Waals surface area contributed by atoms with E-state index in [2.05, 4.69) is 25.0 Å². The van der Waals surface area contributed by atoms with Crippen molar-refractivity contribution >= 4 is 28.0 Å². The van der Waals surface area contributed by atoms with Gasteiger partial charge in [-0.3, -0.25) is 9.37 Å². The number of para-hydroxylation sites is 2. The Morgan fingerprint density at radius 3 is 2.03 bits per heavy atom. The van der Waals surface area contributed by atoms with Gasteiger partial charge < -0.3 is 5.73 Å². The molecule has 0 aliphatic rings. The number of aromatic nitrogens is 4. The molecule has 0 aliphatic heterocycles. The van der Waals surface area contributed by atoms with Crippen molar-refractivity contribution in [1.29, 1.82) is 0 Å². The lowest BCUT2D eigenvalue weighted by Gasteiger charge is -1.98. The lowest BCUT2D eigenvalue weighted by Crippen LogP contribution is -2.09. The summed E-state index contributed by atoms with van der Waals surface area (Å²) in [6.45, 7) is 0. The Kier molecular flexibility index (Phi) is 7.28. The van der Waals surface area contributed by atoms with Crippen molar-refractivity contribution in [2.45, 2.75) is 0 Å². The fraction of sp³-hybridized carbons (Fsp3) is 0. The molecule has 0 spiro atoms. The normalized spacial score (nSPS) is 9.60. The van der Waals surface area contributed by atoms with Gasteiger partial charge in [0.05, 0.1) is 28.3 Å². The van der Waals surface area contributed by atoms with E-state index in [1.54, 1.807) is 24.3 Å². The summed E-state index contributed by atoms with van der Waals surface area (Å²) >= 11 is 0. The number of fused-ring (bicyclic) bond motifs is 2. The predicted molar refractivity (Wildman–Crippen MR) is 113 cm³/mol. The van der Waals surface area contributed by atoms with Crippen LogP contribution in [0.25, 0.3) is 22.1 Å². The molecule has 0 unspecified atom stereocenters. The van der Waals surface area contributed by atoms with Crippen molar-refractivity contribution in [1.82, 2.24) is 20.3 Å². The Balaban J connectivity index is 2.30. The molecule has 0 atom stereocenters. The molecule has 2 aromatic heterocycles. The molecule has 1 aromatic carbocycles. The summed E-state index contributed by atoms with van der Waals surface area (Å²) in [5.41, 5.74) is 8.49. The van der Waals surface area contributed by atoms with Crippen LogP contribution in [0.15, 0.2) is 107 Å². The number of hydrogen-bond acceptors (Lipinski definition) is 6. The average molecular weight is 401 g/mol. The molecular weight excluding hydrogens is 382 g/mol. The first-order chi connectivity index (χ1) is 14.7. The zero-order valence-corrected chi connectivity index (χ0v) is 15.9. The zero-order valence-electron chi connectivity index (χ0n) is 15.9. The number of nitrogens with one attached hydrogen (secondary N) is 1. The first-order valence-corrected chi connectivity index (χ1v) is 8.96. The highest BCUT2D eigenvalue weighted by atomic mass is 17.0. The summed E-state index contributed by atoms with van der Waals surface area (Å²) in [6.07, 6.45) is 2.70. The van der Waals surface area contributed by atoms with E-state index in [0.29, 0.717) is 11.0 Å². The summed E-state index contributed by atoms with van der Waals surface area (Å²) in [7, 11) is 0. The SMILES string of the molecule is NC(=O)c1cccn[nH]oocccccccc2nc3ccccc3nc2cc1. The number of carbonyl (C=O) groups excluding carboxylic acids is 1. The van der Waals surface area contributed by atoms with E-state index in [9.17, 15) is 4.79 Å². The van der Waals surface area contributed by atoms with Crippen molar-refractivity contribution < 1.29 is 14.1 Å². The van der Waals surface area contributed by atoms with Gasteiger partial charge in [-0.1, -0.05) is 41.7 Å². The average Bonchev–Trinajstić information content (AvgIpc) is 2.75. The van der Waals surface area contributed by atoms with Crippen molar-refractivity contribution in [3.05, 3.63) is 103 Å². The Morgan fingerprint density at radius 2 is 1.33 bits per heavy atom. The third kappa shape index (κ3) is 6.03. The smallest absolute Gasteiger partial charge is 0.248 e. The van der Waals surface area contributed by atoms with Crippen molar-refractivity contribution in [2.24, 2.45) is 5.73 Å². The van der Waals surface area contributed by atoms with Gasteiger partial charge in [-0.15, -0.1) is 5.10 Å². The topological polar surface area (TPSA) is 124 Å². The number of nitrogens with two attached hydrogens (primary N) is 1. The Bertz CT molecular complexity index is 1260. The van der Waals surface area contributed by atoms with Crippen LogP contribution in [-0.4, -0.2) is 26.2 Å². The first kappa shape index (κ1) is 20.3. The third-order valence-corrected chi connectivity index (χ3v) is 3.74. The van der Waals surface area contributed by atoms with Crippen LogP contribution in [0.5, 0.6) is 0 Å². The summed E-state index contributed by atoms with van der Waals surface area (Å²) in [5.74, 6) is -0.594. The second-order valence-electron chi connectivity index (χ2n) is 5.81. The molecule has 0 saturated carbocycles. The molecule has 0 radical (unpaired) electrons. The van der Waals surface area contributed by atoms with E-state index in [1.807, 2.05) is 48.5 Å². The quantitative estimate of drug-likeness (QED) is 0.586. The maximum atomic E-state index is 11.7. The zero-order chi connectivity index (χ0) is 21.0. The van der Waals surface area contributed by atoms with E-state index in [1.165, 1.54) is 24.6 Å². The molecule has 2 heterocycles. The van der Waals surface area contributed by atoms with Gasteiger partial charge in [0.1, 0.15) is 6.26 Å². The minimum Gasteiger partial charge on any atom is -0.366 e. The summed E-state index contributed by atoms with van der Waals surface area (Å²) in [6, 6.07) is 24.6. The van der Waals surface area contributed by atoms with Crippen LogP contribution < -0.4 is 5.73 Å². The molecular formula is C22H19N5O3. The summed E-state index contributed by atoms with van der Waals surface area (Å²) < 4.78 is 9.32. The number of H-pyrrole nitrogens is 1. The van der Waals surface area contributed by atoms with Crippen LogP contribution in [0.2, 0.25) is 0 Å². The van der Waals surface area contributed by atoms with Crippen LogP contribution in [0.3, 0.4) is 0 Å². The molecule has 3 aromatic rings. The van der Waals surface area contributed by atoms with Gasteiger partial charge in [0.2, 0.25) is 5.91 Å². The van der Waals surface area contributed by atoms with E-state index in [-0.39, 0.29) is 5.56 Å². The molecule has 3 N–H and O–H groups in total. The van der Waals surface area contributed by atoms with Crippen LogP contribution in [-0.2, 0) is 0 Å². The van der Waals surface area contributed by atoms with E-state index in [0.717, 1.165) is 11.0 Å². The van der Waals surface area contributed by atoms with Gasteiger partial charge in [0.15, 0.2) is 0 Å². The Morgan fingerprint density at radius 1 is 0.733 bits per heavy atom. The second-order valence-corrected chi connectivity index (χ2v) is 5.81. The summed E-state index contributed by atoms with van der Waals surface area (Å²) in [5, 5.41) is 5.94. The summed E-state index contributed by atoms with van der Waals surface area (Å²) in [4.78, 5) is 21.1. The highest BCUT2D eigenvalue weighted by molar-refractivity contribution is 5.93. The number of benzene rings is 1. The lowest BCUT2D eigenvalue weighted by atomic mass is 10.2. The molecule has 30 heavy (non-hydrogen) atoms. The standard InChI is InChI=1S/C22H19N5O3/c23-22(28)17-9-8-15-24-27-30-29-16-7-3-1-2-4-10-20-21(14-13-17)26-19-12-6-5-11-18(19)25-20/h1-16,27H,(H2,23,28). The van der Waals surface area contributed by atoms with Gasteiger partial charge in [-0.2, -0.15) is 4.68 Å². The number of amides is 1. The molecule has 0 fully saturated rings. The van der Waals surface area contributed by atoms with Gasteiger partial charge in [-0.05, 0) is 48.5 Å². The number of aromatic amines is 1. The predicted octanol–water partition coefficient (Wildman–Crippen LogP) is 4.29. The maximum absolute atomic E-state index is 11.7. The van der Waals surface area contributed by atoms with E-state index < -0.39 is 5.91 Å². The van der Waals surface area contributed by atoms with Crippen molar-refractivity contribution in [3.63, 3.8) is 0 Å². The number of primary amides is 1. The molecule has 150 valence electrons. The van der Waals surface area contributed by atoms with Crippen LogP contribution in [0, 0.1) is 0 Å². The first-order valence-electron chi connectivity index (χ1n) is 8.96. The highest BCUT2D eigenvalue weighted by Crippen LogP contribution is 2.13. The molecule has 8 heteroatoms. The van der Waals surface area contributed by atoms with E-state index in [4.69, 9.17) is 10.3 Å². The molecule has 8 nitrogen and oxygen atoms in total. The minimum atomic E-state index is -0.594. The minimum absolute atomic E-state index is 0.263. The molecule has 0 bridgehead atoms. The van der Waals surface area contributed by atoms with Gasteiger partial charge in [0.25, 0.3) is 0 Å². The Hall–Kier alpha value is -4.46. The number of carbonyl (C=O) groups is 1. The lowest BCUT2D eigenvalue weighted by molar-refractivity contribution is -0.0206. The van der Waals surface area contributed by atoms with E-state index >= 15 is 0 Å². The molecule has 1 amide bonds. The third-order valence-electron chi connectivity index (χ3n) is 3.74. The largest absolute Gasteiger partial charge is 0.366 e. The van der Waals surface area contributed by atoms with Crippen molar-refractivity contribution in [3.8, 4) is 0 Å². The van der Waals surface area contributed by atoms with Crippen LogP contribution >= 0.6 is 0 Å². The molecule has 0 aliphatic carbocycles. The van der Waals surface area contributed by atoms with Crippen LogP contribution in [0.4, 0.5) is 0 Å². The van der Waals surface area contributed by atoms with Crippen molar-refractivity contribution in [2.75, 3.05) is 0 Å². The van der Waals surface area contributed by atoms with Gasteiger partial charge >= 0.3 is 0 Å². The maximum Gasteiger partial charge on any atom is 0.248 e. The Labute approximate surface area is 171 Å². The number of nitrogens with zero attached hydrogens (tertiary/aromatic N) is 3. The number of rotatable bonds is 1. The fourth-order valence-electron chi connectivity index (χ4n) is 2.37. The molecule has 3 rings (SSSR count). The number of hydrogen-bond donors (Lipinski definition) is 2. The van der Waals surface area contributed by atoms with Crippen LogP contribution in [0.1, 0.15) is 10.4 Å². The highest BCUT2D eigenvalue weighted by Gasteiger charge is 1.99. The second kappa shape index (κ2) is 10.8. The molecule has 0 saturated heterocycles. The van der Waals surface area contributed by atoms with Gasteiger partial charge in [-0.25, -0.2) is 9.97 Å².